The van der Waals surface area contributed by atoms with Gasteiger partial charge in [0.2, 0.25) is 0 Å². The molecule has 1 fully saturated rings. The normalized spacial score (nSPS) is 18.1. The van der Waals surface area contributed by atoms with E-state index in [9.17, 15) is 9.59 Å². The molecule has 2 rings (SSSR count). The Morgan fingerprint density at radius 3 is 2.89 bits per heavy atom. The molecule has 1 atom stereocenters. The molecule has 0 aromatic heterocycles. The summed E-state index contributed by atoms with van der Waals surface area (Å²) in [6.45, 7) is 2.65. The van der Waals surface area contributed by atoms with Crippen LogP contribution in [-0.4, -0.2) is 31.2 Å². The molecule has 5 heteroatoms. The minimum atomic E-state index is -0.439. The maximum atomic E-state index is 12.0. The summed E-state index contributed by atoms with van der Waals surface area (Å²) in [5, 5.41) is 2.73. The van der Waals surface area contributed by atoms with Crippen molar-refractivity contribution in [1.82, 2.24) is 0 Å². The van der Waals surface area contributed by atoms with Crippen LogP contribution in [0.15, 0.2) is 24.3 Å². The van der Waals surface area contributed by atoms with Gasteiger partial charge in [-0.2, -0.15) is 0 Å². The molecule has 1 aromatic rings. The summed E-state index contributed by atoms with van der Waals surface area (Å²) >= 11 is 0. The fourth-order valence-electron chi connectivity index (χ4n) is 1.98. The van der Waals surface area contributed by atoms with Gasteiger partial charge in [-0.25, -0.2) is 4.79 Å². The molecular formula is C14H17NO4. The standard InChI is InChI=1S/C14H17NO4/c1-2-18-14(17)10-6-3-4-7-11(10)15-13(16)12-8-5-9-19-12/h3-4,6-7,12H,2,5,8-9H2,1H3,(H,15,16)/t12-/m1/s1. The third-order valence-electron chi connectivity index (χ3n) is 2.90. The number of benzene rings is 1. The third-order valence-corrected chi connectivity index (χ3v) is 2.90. The lowest BCUT2D eigenvalue weighted by molar-refractivity contribution is -0.124. The quantitative estimate of drug-likeness (QED) is 0.844. The highest BCUT2D eigenvalue weighted by Crippen LogP contribution is 2.19. The van der Waals surface area contributed by atoms with Crippen LogP contribution in [0.4, 0.5) is 5.69 Å². The number of esters is 1. The molecule has 0 saturated carbocycles. The number of hydrogen-bond acceptors (Lipinski definition) is 4. The molecule has 19 heavy (non-hydrogen) atoms. The zero-order chi connectivity index (χ0) is 13.7. The van der Waals surface area contributed by atoms with E-state index in [0.717, 1.165) is 6.42 Å². The number of amides is 1. The van der Waals surface area contributed by atoms with E-state index in [1.54, 1.807) is 31.2 Å². The zero-order valence-electron chi connectivity index (χ0n) is 10.8. The molecule has 1 N–H and O–H groups in total. The Hall–Kier alpha value is -1.88. The number of anilines is 1. The zero-order valence-corrected chi connectivity index (χ0v) is 10.8. The smallest absolute Gasteiger partial charge is 0.340 e. The molecule has 0 spiro atoms. The maximum Gasteiger partial charge on any atom is 0.340 e. The van der Waals surface area contributed by atoms with Crippen molar-refractivity contribution in [2.45, 2.75) is 25.9 Å². The van der Waals surface area contributed by atoms with Crippen LogP contribution in [0.1, 0.15) is 30.1 Å². The van der Waals surface area contributed by atoms with Crippen molar-refractivity contribution in [3.63, 3.8) is 0 Å². The van der Waals surface area contributed by atoms with Gasteiger partial charge in [0.25, 0.3) is 5.91 Å². The third kappa shape index (κ3) is 3.32. The molecule has 1 aromatic carbocycles. The molecule has 102 valence electrons. The fraction of sp³-hybridized carbons (Fsp3) is 0.429. The van der Waals surface area contributed by atoms with E-state index in [1.807, 2.05) is 0 Å². The molecule has 0 unspecified atom stereocenters. The van der Waals surface area contributed by atoms with Crippen molar-refractivity contribution < 1.29 is 19.1 Å². The van der Waals surface area contributed by atoms with Crippen molar-refractivity contribution in [3.05, 3.63) is 29.8 Å². The van der Waals surface area contributed by atoms with Crippen LogP contribution < -0.4 is 5.32 Å². The van der Waals surface area contributed by atoms with Gasteiger partial charge < -0.3 is 14.8 Å². The van der Waals surface area contributed by atoms with Crippen molar-refractivity contribution in [3.8, 4) is 0 Å². The second-order valence-corrected chi connectivity index (χ2v) is 4.26. The molecule has 5 nitrogen and oxygen atoms in total. The first kappa shape index (κ1) is 13.5. The Morgan fingerprint density at radius 1 is 1.42 bits per heavy atom. The summed E-state index contributed by atoms with van der Waals surface area (Å²) in [6.07, 6.45) is 1.18. The molecule has 1 amide bonds. The minimum Gasteiger partial charge on any atom is -0.462 e. The van der Waals surface area contributed by atoms with Crippen molar-refractivity contribution in [2.24, 2.45) is 0 Å². The summed E-state index contributed by atoms with van der Waals surface area (Å²) in [6, 6.07) is 6.80. The summed E-state index contributed by atoms with van der Waals surface area (Å²) in [7, 11) is 0. The van der Waals surface area contributed by atoms with Gasteiger partial charge in [0.15, 0.2) is 0 Å². The van der Waals surface area contributed by atoms with Gasteiger partial charge in [-0.1, -0.05) is 12.1 Å². The Labute approximate surface area is 111 Å². The molecule has 0 bridgehead atoms. The summed E-state index contributed by atoms with van der Waals surface area (Å²) in [5.74, 6) is -0.653. The topological polar surface area (TPSA) is 64.6 Å². The lowest BCUT2D eigenvalue weighted by Gasteiger charge is -2.13. The van der Waals surface area contributed by atoms with Gasteiger partial charge in [-0.05, 0) is 31.9 Å². The number of carbonyl (C=O) groups excluding carboxylic acids is 2. The van der Waals surface area contributed by atoms with Crippen LogP contribution in [0, 0.1) is 0 Å². The lowest BCUT2D eigenvalue weighted by atomic mass is 10.1. The van der Waals surface area contributed by atoms with E-state index < -0.39 is 12.1 Å². The Kier molecular flexibility index (Phi) is 4.52. The highest BCUT2D eigenvalue weighted by Gasteiger charge is 2.24. The number of nitrogens with one attached hydrogen (secondary N) is 1. The average Bonchev–Trinajstić information content (AvgIpc) is 2.93. The van der Waals surface area contributed by atoms with Gasteiger partial charge in [0.05, 0.1) is 17.9 Å². The predicted octanol–water partition coefficient (Wildman–Crippen LogP) is 1.98. The van der Waals surface area contributed by atoms with E-state index in [2.05, 4.69) is 5.32 Å². The molecule has 0 aliphatic carbocycles. The first-order chi connectivity index (χ1) is 9.22. The SMILES string of the molecule is CCOC(=O)c1ccccc1NC(=O)[C@H]1CCCO1. The van der Waals surface area contributed by atoms with Crippen molar-refractivity contribution in [2.75, 3.05) is 18.5 Å². The second kappa shape index (κ2) is 6.33. The summed E-state index contributed by atoms with van der Waals surface area (Å²) in [4.78, 5) is 23.7. The van der Waals surface area contributed by atoms with Crippen molar-refractivity contribution >= 4 is 17.6 Å². The van der Waals surface area contributed by atoms with Gasteiger partial charge >= 0.3 is 5.97 Å². The largest absolute Gasteiger partial charge is 0.462 e. The predicted molar refractivity (Wildman–Crippen MR) is 70.0 cm³/mol. The Balaban J connectivity index is 2.11. The molecule has 1 heterocycles. The Morgan fingerprint density at radius 2 is 2.21 bits per heavy atom. The number of hydrogen-bond donors (Lipinski definition) is 1. The van der Waals surface area contributed by atoms with Crippen LogP contribution in [0.25, 0.3) is 0 Å². The van der Waals surface area contributed by atoms with Gasteiger partial charge in [0, 0.05) is 6.61 Å². The number of para-hydroxylation sites is 1. The van der Waals surface area contributed by atoms with E-state index in [1.165, 1.54) is 0 Å². The van der Waals surface area contributed by atoms with Crippen LogP contribution in [0.2, 0.25) is 0 Å². The first-order valence-electron chi connectivity index (χ1n) is 6.41. The van der Waals surface area contributed by atoms with Crippen molar-refractivity contribution in [1.29, 1.82) is 0 Å². The first-order valence-corrected chi connectivity index (χ1v) is 6.41. The van der Waals surface area contributed by atoms with E-state index in [0.29, 0.717) is 30.9 Å². The summed E-state index contributed by atoms with van der Waals surface area (Å²) < 4.78 is 10.3. The van der Waals surface area contributed by atoms with Gasteiger partial charge in [-0.3, -0.25) is 4.79 Å². The average molecular weight is 263 g/mol. The van der Waals surface area contributed by atoms with Gasteiger partial charge in [-0.15, -0.1) is 0 Å². The molecule has 1 saturated heterocycles. The van der Waals surface area contributed by atoms with Crippen LogP contribution >= 0.6 is 0 Å². The molecule has 0 radical (unpaired) electrons. The number of rotatable bonds is 4. The highest BCUT2D eigenvalue weighted by molar-refractivity contribution is 6.02. The summed E-state index contributed by atoms with van der Waals surface area (Å²) in [5.41, 5.74) is 0.817. The fourth-order valence-corrected chi connectivity index (χ4v) is 1.98. The second-order valence-electron chi connectivity index (χ2n) is 4.26. The molecule has 1 aliphatic rings. The van der Waals surface area contributed by atoms with Crippen LogP contribution in [0.3, 0.4) is 0 Å². The monoisotopic (exact) mass is 263 g/mol. The Bertz CT molecular complexity index is 466. The van der Waals surface area contributed by atoms with Gasteiger partial charge in [0.1, 0.15) is 6.10 Å². The maximum absolute atomic E-state index is 12.0. The van der Waals surface area contributed by atoms with E-state index >= 15 is 0 Å². The van der Waals surface area contributed by atoms with Crippen LogP contribution in [0.5, 0.6) is 0 Å². The molecule has 1 aliphatic heterocycles. The minimum absolute atomic E-state index is 0.214. The highest BCUT2D eigenvalue weighted by atomic mass is 16.5. The lowest BCUT2D eigenvalue weighted by Crippen LogP contribution is -2.27. The molecular weight excluding hydrogens is 246 g/mol. The van der Waals surface area contributed by atoms with Crippen LogP contribution in [-0.2, 0) is 14.3 Å². The number of ether oxygens (including phenoxy) is 2. The van der Waals surface area contributed by atoms with E-state index in [-0.39, 0.29) is 5.91 Å². The van der Waals surface area contributed by atoms with E-state index in [4.69, 9.17) is 9.47 Å². The number of carbonyl (C=O) groups is 2.